The minimum Gasteiger partial charge on any atom is -0.292 e. The molecule has 154 valence electrons. The van der Waals surface area contributed by atoms with Crippen LogP contribution >= 0.6 is 47.2 Å². The number of benzene rings is 2. The highest BCUT2D eigenvalue weighted by atomic mass is 35.5. The first-order valence-electron chi connectivity index (χ1n) is 8.70. The van der Waals surface area contributed by atoms with Gasteiger partial charge in [0.05, 0.1) is 15.5 Å². The molecule has 0 bridgehead atoms. The SMILES string of the molecule is O=C(CCN1C(=O)/C(=C\c2ccccc2Cl)SC1=S)NNC(=O)c1ccccc1Cl. The fourth-order valence-electron chi connectivity index (χ4n) is 2.54. The smallest absolute Gasteiger partial charge is 0.271 e. The molecule has 0 radical (unpaired) electrons. The van der Waals surface area contributed by atoms with Gasteiger partial charge in [-0.05, 0) is 29.8 Å². The van der Waals surface area contributed by atoms with E-state index in [0.29, 0.717) is 19.8 Å². The molecule has 1 heterocycles. The lowest BCUT2D eigenvalue weighted by Gasteiger charge is -2.14. The molecule has 2 aromatic rings. The number of carbonyl (C=O) groups excluding carboxylic acids is 3. The van der Waals surface area contributed by atoms with Gasteiger partial charge >= 0.3 is 0 Å². The Hall–Kier alpha value is -2.39. The first kappa shape index (κ1) is 22.3. The van der Waals surface area contributed by atoms with Gasteiger partial charge in [-0.2, -0.15) is 0 Å². The molecule has 10 heteroatoms. The standard InChI is InChI=1S/C20H15Cl2N3O3S2/c21-14-7-3-1-5-12(14)11-16-19(28)25(20(29)30-16)10-9-17(26)23-24-18(27)13-6-2-4-8-15(13)22/h1-8,11H,9-10H2,(H,23,26)(H,24,27)/b16-11+. The predicted molar refractivity (Wildman–Crippen MR) is 123 cm³/mol. The number of hydrazine groups is 1. The first-order chi connectivity index (χ1) is 14.4. The second kappa shape index (κ2) is 10.1. The highest BCUT2D eigenvalue weighted by Crippen LogP contribution is 2.33. The monoisotopic (exact) mass is 479 g/mol. The second-order valence-electron chi connectivity index (χ2n) is 6.09. The lowest BCUT2D eigenvalue weighted by Crippen LogP contribution is -2.43. The Morgan fingerprint density at radius 3 is 2.40 bits per heavy atom. The molecule has 1 fully saturated rings. The molecule has 3 rings (SSSR count). The van der Waals surface area contributed by atoms with Crippen molar-refractivity contribution in [1.82, 2.24) is 15.8 Å². The lowest BCUT2D eigenvalue weighted by atomic mass is 10.2. The summed E-state index contributed by atoms with van der Waals surface area (Å²) in [7, 11) is 0. The number of hydrogen-bond donors (Lipinski definition) is 2. The van der Waals surface area contributed by atoms with Crippen LogP contribution in [0.2, 0.25) is 10.0 Å². The fourth-order valence-corrected chi connectivity index (χ4v) is 4.25. The zero-order chi connectivity index (χ0) is 21.7. The summed E-state index contributed by atoms with van der Waals surface area (Å²) in [5.74, 6) is -1.31. The van der Waals surface area contributed by atoms with Crippen molar-refractivity contribution in [2.75, 3.05) is 6.54 Å². The molecule has 1 saturated heterocycles. The molecule has 0 atom stereocenters. The summed E-state index contributed by atoms with van der Waals surface area (Å²) in [6, 6.07) is 13.6. The van der Waals surface area contributed by atoms with E-state index >= 15 is 0 Å². The molecule has 2 N–H and O–H groups in total. The molecule has 3 amide bonds. The maximum Gasteiger partial charge on any atom is 0.271 e. The first-order valence-corrected chi connectivity index (χ1v) is 10.7. The average Bonchev–Trinajstić information content (AvgIpc) is 2.99. The summed E-state index contributed by atoms with van der Waals surface area (Å²) in [5.41, 5.74) is 5.54. The van der Waals surface area contributed by atoms with Crippen LogP contribution in [-0.2, 0) is 9.59 Å². The molecule has 0 aromatic heterocycles. The van der Waals surface area contributed by atoms with E-state index in [1.54, 1.807) is 42.5 Å². The van der Waals surface area contributed by atoms with Crippen molar-refractivity contribution in [3.8, 4) is 0 Å². The van der Waals surface area contributed by atoms with Crippen LogP contribution in [0.5, 0.6) is 0 Å². The van der Waals surface area contributed by atoms with E-state index in [2.05, 4.69) is 10.9 Å². The van der Waals surface area contributed by atoms with Crippen molar-refractivity contribution in [3.05, 3.63) is 74.6 Å². The topological polar surface area (TPSA) is 78.5 Å². The second-order valence-corrected chi connectivity index (χ2v) is 8.58. The van der Waals surface area contributed by atoms with Crippen LogP contribution in [-0.4, -0.2) is 33.5 Å². The van der Waals surface area contributed by atoms with Gasteiger partial charge in [-0.1, -0.05) is 77.5 Å². The number of nitrogens with one attached hydrogen (secondary N) is 2. The quantitative estimate of drug-likeness (QED) is 0.384. The average molecular weight is 480 g/mol. The van der Waals surface area contributed by atoms with Gasteiger partial charge in [-0.25, -0.2) is 0 Å². The van der Waals surface area contributed by atoms with Gasteiger partial charge in [0.15, 0.2) is 0 Å². The highest BCUT2D eigenvalue weighted by Gasteiger charge is 2.32. The van der Waals surface area contributed by atoms with E-state index in [1.807, 2.05) is 6.07 Å². The Morgan fingerprint density at radius 2 is 1.70 bits per heavy atom. The van der Waals surface area contributed by atoms with Crippen LogP contribution < -0.4 is 10.9 Å². The third-order valence-electron chi connectivity index (χ3n) is 4.06. The zero-order valence-electron chi connectivity index (χ0n) is 15.4. The Morgan fingerprint density at radius 1 is 1.03 bits per heavy atom. The van der Waals surface area contributed by atoms with E-state index in [0.717, 1.165) is 11.8 Å². The van der Waals surface area contributed by atoms with Crippen molar-refractivity contribution in [1.29, 1.82) is 0 Å². The lowest BCUT2D eigenvalue weighted by molar-refractivity contribution is -0.124. The largest absolute Gasteiger partial charge is 0.292 e. The Labute approximate surface area is 192 Å². The molecular weight excluding hydrogens is 465 g/mol. The molecule has 1 aliphatic heterocycles. The molecule has 2 aromatic carbocycles. The predicted octanol–water partition coefficient (Wildman–Crippen LogP) is 4.05. The minimum absolute atomic E-state index is 0.0470. The maximum atomic E-state index is 12.6. The molecule has 0 spiro atoms. The molecule has 0 aliphatic carbocycles. The molecule has 0 unspecified atom stereocenters. The van der Waals surface area contributed by atoms with Crippen LogP contribution in [0.4, 0.5) is 0 Å². The summed E-state index contributed by atoms with van der Waals surface area (Å²) in [5, 5.41) is 0.795. The van der Waals surface area contributed by atoms with Gasteiger partial charge in [0, 0.05) is 18.0 Å². The number of thiocarbonyl (C=S) groups is 1. The summed E-state index contributed by atoms with van der Waals surface area (Å²) < 4.78 is 0.353. The zero-order valence-corrected chi connectivity index (χ0v) is 18.5. The molecule has 1 aliphatic rings. The Bertz CT molecular complexity index is 1060. The Balaban J connectivity index is 1.54. The van der Waals surface area contributed by atoms with E-state index in [1.165, 1.54) is 11.0 Å². The van der Waals surface area contributed by atoms with Crippen molar-refractivity contribution >= 4 is 75.3 Å². The van der Waals surface area contributed by atoms with E-state index in [4.69, 9.17) is 35.4 Å². The summed E-state index contributed by atoms with van der Waals surface area (Å²) >= 11 is 18.5. The minimum atomic E-state index is -0.540. The van der Waals surface area contributed by atoms with Crippen molar-refractivity contribution in [2.45, 2.75) is 6.42 Å². The molecule has 0 saturated carbocycles. The van der Waals surface area contributed by atoms with Crippen LogP contribution in [0, 0.1) is 0 Å². The van der Waals surface area contributed by atoms with Gasteiger partial charge in [-0.3, -0.25) is 30.1 Å². The van der Waals surface area contributed by atoms with E-state index in [-0.39, 0.29) is 29.5 Å². The van der Waals surface area contributed by atoms with Gasteiger partial charge in [0.25, 0.3) is 11.8 Å². The van der Waals surface area contributed by atoms with Crippen LogP contribution in [0.3, 0.4) is 0 Å². The van der Waals surface area contributed by atoms with Crippen molar-refractivity contribution in [2.24, 2.45) is 0 Å². The number of amides is 3. The third-order valence-corrected chi connectivity index (χ3v) is 6.11. The Kier molecular flexibility index (Phi) is 7.49. The fraction of sp³-hybridized carbons (Fsp3) is 0.100. The van der Waals surface area contributed by atoms with Crippen LogP contribution in [0.15, 0.2) is 53.4 Å². The van der Waals surface area contributed by atoms with Gasteiger partial charge in [0.1, 0.15) is 4.32 Å². The summed E-state index contributed by atoms with van der Waals surface area (Å²) in [6.45, 7) is 0.0817. The van der Waals surface area contributed by atoms with E-state index in [9.17, 15) is 14.4 Å². The van der Waals surface area contributed by atoms with Gasteiger partial charge < -0.3 is 0 Å². The van der Waals surface area contributed by atoms with Crippen LogP contribution in [0.25, 0.3) is 6.08 Å². The van der Waals surface area contributed by atoms with Gasteiger partial charge in [-0.15, -0.1) is 0 Å². The van der Waals surface area contributed by atoms with Gasteiger partial charge in [0.2, 0.25) is 5.91 Å². The summed E-state index contributed by atoms with van der Waals surface area (Å²) in [6.07, 6.45) is 1.63. The molecule has 30 heavy (non-hydrogen) atoms. The number of thioether (sulfide) groups is 1. The molecular formula is C20H15Cl2N3O3S2. The normalized spacial score (nSPS) is 14.9. The van der Waals surface area contributed by atoms with E-state index < -0.39 is 11.8 Å². The van der Waals surface area contributed by atoms with Crippen molar-refractivity contribution in [3.63, 3.8) is 0 Å². The number of carbonyl (C=O) groups is 3. The van der Waals surface area contributed by atoms with Crippen molar-refractivity contribution < 1.29 is 14.4 Å². The maximum absolute atomic E-state index is 12.6. The highest BCUT2D eigenvalue weighted by molar-refractivity contribution is 8.26. The number of halogens is 2. The molecule has 6 nitrogen and oxygen atoms in total. The summed E-state index contributed by atoms with van der Waals surface area (Å²) in [4.78, 5) is 38.5. The number of rotatable bonds is 5. The number of hydrogen-bond acceptors (Lipinski definition) is 5. The third kappa shape index (κ3) is 5.40. The van der Waals surface area contributed by atoms with Crippen LogP contribution in [0.1, 0.15) is 22.3 Å². The number of nitrogens with zero attached hydrogens (tertiary/aromatic N) is 1.